The Hall–Kier alpha value is -0.650. The smallest absolute Gasteiger partial charge is 0.239 e. The molecule has 0 atom stereocenters. The molecule has 2 heterocycles. The molecule has 2 rings (SSSR count). The van der Waals surface area contributed by atoms with Gasteiger partial charge in [-0.15, -0.1) is 0 Å². The van der Waals surface area contributed by atoms with Gasteiger partial charge in [0.2, 0.25) is 5.91 Å². The molecule has 0 aromatic rings. The van der Waals surface area contributed by atoms with Crippen molar-refractivity contribution in [2.45, 2.75) is 19.4 Å². The molecule has 17 heavy (non-hydrogen) atoms. The van der Waals surface area contributed by atoms with Crippen LogP contribution in [0.4, 0.5) is 0 Å². The van der Waals surface area contributed by atoms with Crippen LogP contribution < -0.4 is 10.6 Å². The van der Waals surface area contributed by atoms with Crippen LogP contribution in [0, 0.1) is 0 Å². The van der Waals surface area contributed by atoms with Crippen molar-refractivity contribution in [2.24, 2.45) is 0 Å². The molecule has 0 aliphatic carbocycles. The molecular formula is C12H24N4O. The zero-order valence-corrected chi connectivity index (χ0v) is 11.0. The number of nitrogens with one attached hydrogen (secondary N) is 2. The molecule has 0 unspecified atom stereocenters. The number of nitrogens with zero attached hydrogens (tertiary/aromatic N) is 2. The van der Waals surface area contributed by atoms with Gasteiger partial charge in [-0.05, 0) is 13.8 Å². The SMILES string of the molecule is CC1(C)C(=O)NCCN1CCN1CCNCC1. The molecule has 0 aromatic carbocycles. The highest BCUT2D eigenvalue weighted by molar-refractivity contribution is 5.86. The standard InChI is InChI=1S/C12H24N4O/c1-12(2)11(17)14-5-8-16(12)10-9-15-6-3-13-4-7-15/h13H,3-10H2,1-2H3,(H,14,17). The maximum atomic E-state index is 11.8. The van der Waals surface area contributed by atoms with Crippen LogP contribution >= 0.6 is 0 Å². The second-order valence-corrected chi connectivity index (χ2v) is 5.39. The van der Waals surface area contributed by atoms with Crippen LogP contribution in [0.5, 0.6) is 0 Å². The summed E-state index contributed by atoms with van der Waals surface area (Å²) in [4.78, 5) is 16.6. The minimum absolute atomic E-state index is 0.157. The van der Waals surface area contributed by atoms with Crippen LogP contribution in [-0.4, -0.2) is 73.6 Å². The molecule has 2 aliphatic heterocycles. The molecule has 0 radical (unpaired) electrons. The lowest BCUT2D eigenvalue weighted by Gasteiger charge is -2.42. The maximum Gasteiger partial charge on any atom is 0.239 e. The molecule has 2 N–H and O–H groups in total. The van der Waals surface area contributed by atoms with Gasteiger partial charge >= 0.3 is 0 Å². The van der Waals surface area contributed by atoms with Gasteiger partial charge in [0.1, 0.15) is 0 Å². The predicted octanol–water partition coefficient (Wildman–Crippen LogP) is -0.898. The fraction of sp³-hybridized carbons (Fsp3) is 0.917. The number of amides is 1. The summed E-state index contributed by atoms with van der Waals surface area (Å²) < 4.78 is 0. The summed E-state index contributed by atoms with van der Waals surface area (Å²) in [6.45, 7) is 12.3. The number of rotatable bonds is 3. The molecule has 5 heteroatoms. The van der Waals surface area contributed by atoms with Gasteiger partial charge in [0, 0.05) is 52.4 Å². The first-order valence-corrected chi connectivity index (χ1v) is 6.57. The van der Waals surface area contributed by atoms with Gasteiger partial charge in [-0.2, -0.15) is 0 Å². The average molecular weight is 240 g/mol. The van der Waals surface area contributed by atoms with Crippen LogP contribution in [0.2, 0.25) is 0 Å². The predicted molar refractivity (Wildman–Crippen MR) is 68.0 cm³/mol. The van der Waals surface area contributed by atoms with Gasteiger partial charge < -0.3 is 10.6 Å². The Balaban J connectivity index is 1.82. The lowest BCUT2D eigenvalue weighted by atomic mass is 9.99. The molecule has 0 spiro atoms. The summed E-state index contributed by atoms with van der Waals surface area (Å²) >= 11 is 0. The molecule has 2 aliphatic rings. The molecule has 0 bridgehead atoms. The quantitative estimate of drug-likeness (QED) is 0.671. The molecule has 98 valence electrons. The Labute approximate surface area is 104 Å². The van der Waals surface area contributed by atoms with Crippen molar-refractivity contribution >= 4 is 5.91 Å². The largest absolute Gasteiger partial charge is 0.353 e. The minimum Gasteiger partial charge on any atom is -0.353 e. The van der Waals surface area contributed by atoms with Crippen LogP contribution in [-0.2, 0) is 4.79 Å². The van der Waals surface area contributed by atoms with Crippen molar-refractivity contribution < 1.29 is 4.79 Å². The molecule has 2 fully saturated rings. The van der Waals surface area contributed by atoms with Gasteiger partial charge in [0.25, 0.3) is 0 Å². The zero-order chi connectivity index (χ0) is 12.3. The topological polar surface area (TPSA) is 47.6 Å². The highest BCUT2D eigenvalue weighted by Gasteiger charge is 2.37. The van der Waals surface area contributed by atoms with Gasteiger partial charge in [-0.3, -0.25) is 14.6 Å². The van der Waals surface area contributed by atoms with E-state index >= 15 is 0 Å². The monoisotopic (exact) mass is 240 g/mol. The minimum atomic E-state index is -0.355. The van der Waals surface area contributed by atoms with Gasteiger partial charge in [-0.25, -0.2) is 0 Å². The molecule has 5 nitrogen and oxygen atoms in total. The van der Waals surface area contributed by atoms with E-state index in [2.05, 4.69) is 20.4 Å². The van der Waals surface area contributed by atoms with Crippen molar-refractivity contribution in [3.05, 3.63) is 0 Å². The van der Waals surface area contributed by atoms with Crippen molar-refractivity contribution in [2.75, 3.05) is 52.4 Å². The van der Waals surface area contributed by atoms with Crippen molar-refractivity contribution in [1.82, 2.24) is 20.4 Å². The Morgan fingerprint density at radius 1 is 1.12 bits per heavy atom. The number of carbonyl (C=O) groups excluding carboxylic acids is 1. The van der Waals surface area contributed by atoms with E-state index in [0.717, 1.165) is 52.4 Å². The summed E-state index contributed by atoms with van der Waals surface area (Å²) in [6, 6.07) is 0. The Morgan fingerprint density at radius 2 is 1.82 bits per heavy atom. The van der Waals surface area contributed by atoms with Gasteiger partial charge in [0.15, 0.2) is 0 Å². The molecule has 0 aromatic heterocycles. The van der Waals surface area contributed by atoms with Gasteiger partial charge in [0.05, 0.1) is 5.54 Å². The van der Waals surface area contributed by atoms with Crippen LogP contribution in [0.1, 0.15) is 13.8 Å². The van der Waals surface area contributed by atoms with E-state index in [-0.39, 0.29) is 11.4 Å². The normalized spacial score (nSPS) is 26.8. The second-order valence-electron chi connectivity index (χ2n) is 5.39. The number of carbonyl (C=O) groups is 1. The third kappa shape index (κ3) is 2.97. The lowest BCUT2D eigenvalue weighted by molar-refractivity contribution is -0.135. The Morgan fingerprint density at radius 3 is 2.53 bits per heavy atom. The second kappa shape index (κ2) is 5.33. The molecule has 0 saturated carbocycles. The van der Waals surface area contributed by atoms with E-state index in [1.807, 2.05) is 13.8 Å². The summed E-state index contributed by atoms with van der Waals surface area (Å²) in [5.41, 5.74) is -0.355. The third-order valence-electron chi connectivity index (χ3n) is 3.91. The first-order valence-electron chi connectivity index (χ1n) is 6.57. The first-order chi connectivity index (χ1) is 8.10. The zero-order valence-electron chi connectivity index (χ0n) is 11.0. The third-order valence-corrected chi connectivity index (χ3v) is 3.91. The van der Waals surface area contributed by atoms with E-state index in [4.69, 9.17) is 0 Å². The van der Waals surface area contributed by atoms with Gasteiger partial charge in [-0.1, -0.05) is 0 Å². The fourth-order valence-corrected chi connectivity index (χ4v) is 2.53. The summed E-state index contributed by atoms with van der Waals surface area (Å²) in [5, 5.41) is 6.29. The number of hydrogen-bond donors (Lipinski definition) is 2. The first kappa shape index (κ1) is 12.8. The number of piperazine rings is 2. The van der Waals surface area contributed by atoms with Crippen molar-refractivity contribution in [3.8, 4) is 0 Å². The Bertz CT molecular complexity index is 274. The van der Waals surface area contributed by atoms with Crippen LogP contribution in [0.15, 0.2) is 0 Å². The van der Waals surface area contributed by atoms with E-state index < -0.39 is 0 Å². The average Bonchev–Trinajstić information content (AvgIpc) is 2.32. The molecular weight excluding hydrogens is 216 g/mol. The van der Waals surface area contributed by atoms with E-state index in [0.29, 0.717) is 0 Å². The van der Waals surface area contributed by atoms with E-state index in [1.54, 1.807) is 0 Å². The van der Waals surface area contributed by atoms with Crippen LogP contribution in [0.3, 0.4) is 0 Å². The maximum absolute atomic E-state index is 11.8. The summed E-state index contributed by atoms with van der Waals surface area (Å²) in [6.07, 6.45) is 0. The van der Waals surface area contributed by atoms with Crippen LogP contribution in [0.25, 0.3) is 0 Å². The van der Waals surface area contributed by atoms with Crippen molar-refractivity contribution in [1.29, 1.82) is 0 Å². The summed E-state index contributed by atoms with van der Waals surface area (Å²) in [5.74, 6) is 0.157. The van der Waals surface area contributed by atoms with E-state index in [1.165, 1.54) is 0 Å². The summed E-state index contributed by atoms with van der Waals surface area (Å²) in [7, 11) is 0. The highest BCUT2D eigenvalue weighted by Crippen LogP contribution is 2.17. The molecule has 1 amide bonds. The van der Waals surface area contributed by atoms with E-state index in [9.17, 15) is 4.79 Å². The molecule has 2 saturated heterocycles. The van der Waals surface area contributed by atoms with Crippen molar-refractivity contribution in [3.63, 3.8) is 0 Å². The fourth-order valence-electron chi connectivity index (χ4n) is 2.53. The highest BCUT2D eigenvalue weighted by atomic mass is 16.2. The lowest BCUT2D eigenvalue weighted by Crippen LogP contribution is -2.63. The Kier molecular flexibility index (Phi) is 4.01. The number of hydrogen-bond acceptors (Lipinski definition) is 4.